The Balaban J connectivity index is 2.04. The summed E-state index contributed by atoms with van der Waals surface area (Å²) in [5.41, 5.74) is 3.40. The summed E-state index contributed by atoms with van der Waals surface area (Å²) in [6.07, 6.45) is 0.872. The number of carboxylic acids is 1. The molecule has 21 heavy (non-hydrogen) atoms. The van der Waals surface area contributed by atoms with Crippen molar-refractivity contribution in [3.05, 3.63) is 64.2 Å². The molecule has 0 heterocycles. The second-order valence-corrected chi connectivity index (χ2v) is 5.65. The van der Waals surface area contributed by atoms with Gasteiger partial charge >= 0.3 is 5.97 Å². The number of anilines is 1. The lowest BCUT2D eigenvalue weighted by atomic mass is 10.1. The van der Waals surface area contributed by atoms with E-state index in [9.17, 15) is 4.79 Å². The Morgan fingerprint density at radius 1 is 1.24 bits per heavy atom. The lowest BCUT2D eigenvalue weighted by Crippen LogP contribution is -2.18. The molecule has 2 N–H and O–H groups in total. The highest BCUT2D eigenvalue weighted by molar-refractivity contribution is 6.30. The Kier molecular flexibility index (Phi) is 4.86. The second kappa shape index (κ2) is 6.64. The van der Waals surface area contributed by atoms with E-state index in [1.54, 1.807) is 12.1 Å². The third kappa shape index (κ3) is 4.23. The number of hydrogen-bond donors (Lipinski definition) is 2. The Morgan fingerprint density at radius 2 is 1.90 bits per heavy atom. The van der Waals surface area contributed by atoms with E-state index in [1.165, 1.54) is 5.56 Å². The van der Waals surface area contributed by atoms with Crippen LogP contribution in [0.5, 0.6) is 0 Å². The summed E-state index contributed by atoms with van der Waals surface area (Å²) in [7, 11) is 0. The molecule has 2 rings (SSSR count). The minimum Gasteiger partial charge on any atom is -0.478 e. The van der Waals surface area contributed by atoms with Gasteiger partial charge in [0.1, 0.15) is 0 Å². The van der Waals surface area contributed by atoms with Crippen LogP contribution in [-0.2, 0) is 6.42 Å². The molecule has 0 radical (unpaired) electrons. The minimum absolute atomic E-state index is 0.237. The van der Waals surface area contributed by atoms with Crippen LogP contribution in [0.25, 0.3) is 0 Å². The largest absolute Gasteiger partial charge is 0.478 e. The molecule has 0 aliphatic carbocycles. The van der Waals surface area contributed by atoms with Gasteiger partial charge in [-0.25, -0.2) is 4.79 Å². The summed E-state index contributed by atoms with van der Waals surface area (Å²) < 4.78 is 0. The first-order chi connectivity index (χ1) is 9.95. The van der Waals surface area contributed by atoms with Crippen LogP contribution in [0.15, 0.2) is 42.5 Å². The highest BCUT2D eigenvalue weighted by Crippen LogP contribution is 2.19. The van der Waals surface area contributed by atoms with E-state index in [2.05, 4.69) is 12.2 Å². The Morgan fingerprint density at radius 3 is 2.48 bits per heavy atom. The maximum Gasteiger partial charge on any atom is 0.335 e. The molecule has 2 aromatic carbocycles. The van der Waals surface area contributed by atoms with Gasteiger partial charge in [0, 0.05) is 16.8 Å². The standard InChI is InChI=1S/C17H18ClNO2/c1-11-9-14(17(20)21)5-8-16(11)19-12(2)10-13-3-6-15(18)7-4-13/h3-9,12,19H,10H2,1-2H3,(H,20,21). The van der Waals surface area contributed by atoms with E-state index in [0.717, 1.165) is 22.7 Å². The van der Waals surface area contributed by atoms with E-state index in [0.29, 0.717) is 5.56 Å². The molecule has 2 aromatic rings. The maximum absolute atomic E-state index is 10.9. The molecule has 1 atom stereocenters. The quantitative estimate of drug-likeness (QED) is 0.861. The van der Waals surface area contributed by atoms with Gasteiger partial charge in [-0.3, -0.25) is 0 Å². The Bertz CT molecular complexity index is 638. The predicted molar refractivity (Wildman–Crippen MR) is 86.4 cm³/mol. The summed E-state index contributed by atoms with van der Waals surface area (Å²) in [5.74, 6) is -0.904. The summed E-state index contributed by atoms with van der Waals surface area (Å²) in [5, 5.41) is 13.1. The van der Waals surface area contributed by atoms with Crippen molar-refractivity contribution in [1.29, 1.82) is 0 Å². The molecule has 0 aliphatic rings. The van der Waals surface area contributed by atoms with Crippen LogP contribution < -0.4 is 5.32 Å². The molecule has 0 saturated heterocycles. The van der Waals surface area contributed by atoms with Crippen LogP contribution in [0.3, 0.4) is 0 Å². The third-order valence-corrected chi connectivity index (χ3v) is 3.58. The summed E-state index contributed by atoms with van der Waals surface area (Å²) in [6.45, 7) is 4.00. The minimum atomic E-state index is -0.904. The smallest absolute Gasteiger partial charge is 0.335 e. The van der Waals surface area contributed by atoms with Gasteiger partial charge in [-0.1, -0.05) is 23.7 Å². The topological polar surface area (TPSA) is 49.3 Å². The van der Waals surface area contributed by atoms with Gasteiger partial charge in [-0.05, 0) is 61.7 Å². The number of carboxylic acid groups (broad SMARTS) is 1. The SMILES string of the molecule is Cc1cc(C(=O)O)ccc1NC(C)Cc1ccc(Cl)cc1. The number of benzene rings is 2. The van der Waals surface area contributed by atoms with Crippen molar-refractivity contribution >= 4 is 23.3 Å². The van der Waals surface area contributed by atoms with Crippen LogP contribution in [-0.4, -0.2) is 17.1 Å². The zero-order chi connectivity index (χ0) is 15.4. The van der Waals surface area contributed by atoms with Crippen LogP contribution >= 0.6 is 11.6 Å². The normalized spacial score (nSPS) is 12.0. The van der Waals surface area contributed by atoms with Crippen molar-refractivity contribution in [1.82, 2.24) is 0 Å². The monoisotopic (exact) mass is 303 g/mol. The lowest BCUT2D eigenvalue weighted by Gasteiger charge is -2.17. The molecule has 0 fully saturated rings. The second-order valence-electron chi connectivity index (χ2n) is 5.21. The number of hydrogen-bond acceptors (Lipinski definition) is 2. The Hall–Kier alpha value is -2.00. The first-order valence-electron chi connectivity index (χ1n) is 6.80. The van der Waals surface area contributed by atoms with Gasteiger partial charge in [0.25, 0.3) is 0 Å². The summed E-state index contributed by atoms with van der Waals surface area (Å²) >= 11 is 5.88. The van der Waals surface area contributed by atoms with E-state index >= 15 is 0 Å². The van der Waals surface area contributed by atoms with Gasteiger partial charge in [0.05, 0.1) is 5.56 Å². The van der Waals surface area contributed by atoms with Gasteiger partial charge in [-0.2, -0.15) is 0 Å². The molecular weight excluding hydrogens is 286 g/mol. The third-order valence-electron chi connectivity index (χ3n) is 3.33. The van der Waals surface area contributed by atoms with Crippen molar-refractivity contribution in [2.45, 2.75) is 26.3 Å². The summed E-state index contributed by atoms with van der Waals surface area (Å²) in [6, 6.07) is 13.2. The molecule has 0 aromatic heterocycles. The maximum atomic E-state index is 10.9. The van der Waals surface area contributed by atoms with Crippen molar-refractivity contribution in [2.24, 2.45) is 0 Å². The van der Waals surface area contributed by atoms with Crippen molar-refractivity contribution in [3.8, 4) is 0 Å². The number of aromatic carboxylic acids is 1. The molecule has 0 saturated carbocycles. The highest BCUT2D eigenvalue weighted by Gasteiger charge is 2.08. The van der Waals surface area contributed by atoms with Crippen LogP contribution in [0.1, 0.15) is 28.4 Å². The molecule has 0 bridgehead atoms. The number of halogens is 1. The molecule has 3 nitrogen and oxygen atoms in total. The first kappa shape index (κ1) is 15.4. The number of carbonyl (C=O) groups is 1. The molecule has 4 heteroatoms. The lowest BCUT2D eigenvalue weighted by molar-refractivity contribution is 0.0697. The molecular formula is C17H18ClNO2. The number of aryl methyl sites for hydroxylation is 1. The van der Waals surface area contributed by atoms with Crippen molar-refractivity contribution in [2.75, 3.05) is 5.32 Å². The molecule has 0 aliphatic heterocycles. The van der Waals surface area contributed by atoms with Gasteiger partial charge in [-0.15, -0.1) is 0 Å². The van der Waals surface area contributed by atoms with Crippen molar-refractivity contribution < 1.29 is 9.90 Å². The average Bonchev–Trinajstić information content (AvgIpc) is 2.43. The van der Waals surface area contributed by atoms with E-state index < -0.39 is 5.97 Å². The van der Waals surface area contributed by atoms with Crippen LogP contribution in [0.2, 0.25) is 5.02 Å². The fraction of sp³-hybridized carbons (Fsp3) is 0.235. The highest BCUT2D eigenvalue weighted by atomic mass is 35.5. The van der Waals surface area contributed by atoms with E-state index in [-0.39, 0.29) is 6.04 Å². The van der Waals surface area contributed by atoms with Gasteiger partial charge < -0.3 is 10.4 Å². The van der Waals surface area contributed by atoms with Crippen molar-refractivity contribution in [3.63, 3.8) is 0 Å². The molecule has 0 spiro atoms. The number of rotatable bonds is 5. The molecule has 110 valence electrons. The zero-order valence-corrected chi connectivity index (χ0v) is 12.8. The number of nitrogens with one attached hydrogen (secondary N) is 1. The van der Waals surface area contributed by atoms with Crippen LogP contribution in [0, 0.1) is 6.92 Å². The zero-order valence-electron chi connectivity index (χ0n) is 12.1. The fourth-order valence-electron chi connectivity index (χ4n) is 2.25. The van der Waals surface area contributed by atoms with Gasteiger partial charge in [0.2, 0.25) is 0 Å². The molecule has 1 unspecified atom stereocenters. The molecule has 0 amide bonds. The summed E-state index contributed by atoms with van der Waals surface area (Å²) in [4.78, 5) is 10.9. The van der Waals surface area contributed by atoms with Gasteiger partial charge in [0.15, 0.2) is 0 Å². The average molecular weight is 304 g/mol. The fourth-order valence-corrected chi connectivity index (χ4v) is 2.38. The van der Waals surface area contributed by atoms with E-state index in [4.69, 9.17) is 16.7 Å². The Labute approximate surface area is 129 Å². The predicted octanol–water partition coefficient (Wildman–Crippen LogP) is 4.39. The van der Waals surface area contributed by atoms with E-state index in [1.807, 2.05) is 37.3 Å². The first-order valence-corrected chi connectivity index (χ1v) is 7.18. The van der Waals surface area contributed by atoms with Crippen LogP contribution in [0.4, 0.5) is 5.69 Å².